The van der Waals surface area contributed by atoms with E-state index in [0.29, 0.717) is 12.4 Å². The molecule has 0 spiro atoms. The van der Waals surface area contributed by atoms with E-state index in [-0.39, 0.29) is 6.10 Å². The van der Waals surface area contributed by atoms with Crippen molar-refractivity contribution in [2.24, 2.45) is 4.99 Å². The molecule has 0 radical (unpaired) electrons. The van der Waals surface area contributed by atoms with E-state index in [4.69, 9.17) is 14.5 Å². The van der Waals surface area contributed by atoms with E-state index in [1.807, 2.05) is 38.4 Å². The molecule has 0 atom stereocenters. The van der Waals surface area contributed by atoms with Crippen molar-refractivity contribution in [2.75, 3.05) is 13.2 Å². The van der Waals surface area contributed by atoms with Gasteiger partial charge in [-0.15, -0.1) is 0 Å². The Morgan fingerprint density at radius 2 is 1.90 bits per heavy atom. The number of aliphatic imine (C=N–C) groups is 1. The summed E-state index contributed by atoms with van der Waals surface area (Å²) < 4.78 is 11.7. The van der Waals surface area contributed by atoms with E-state index in [1.54, 1.807) is 0 Å². The third-order valence-corrected chi connectivity index (χ3v) is 5.51. The van der Waals surface area contributed by atoms with Crippen LogP contribution in [0.4, 0.5) is 0 Å². The second-order valence-electron chi connectivity index (χ2n) is 7.48. The summed E-state index contributed by atoms with van der Waals surface area (Å²) in [4.78, 5) is 13.9. The second kappa shape index (κ2) is 7.40. The first-order valence-corrected chi connectivity index (χ1v) is 9.96. The Balaban J connectivity index is 1.51. The molecule has 0 saturated carbocycles. The van der Waals surface area contributed by atoms with Gasteiger partial charge in [0.1, 0.15) is 6.10 Å². The molecule has 148 valence electrons. The van der Waals surface area contributed by atoms with Crippen LogP contribution in [0.15, 0.2) is 35.6 Å². The quantitative estimate of drug-likeness (QED) is 0.739. The number of nitrogens with zero attached hydrogens (tertiary/aromatic N) is 4. The minimum Gasteiger partial charge on any atom is -0.474 e. The van der Waals surface area contributed by atoms with Gasteiger partial charge in [-0.1, -0.05) is 0 Å². The number of aromatic amines is 1. The molecule has 7 nitrogen and oxygen atoms in total. The number of rotatable bonds is 4. The van der Waals surface area contributed by atoms with Crippen molar-refractivity contribution in [3.05, 3.63) is 58.7 Å². The highest BCUT2D eigenvalue weighted by Crippen LogP contribution is 2.32. The van der Waals surface area contributed by atoms with Crippen molar-refractivity contribution in [1.82, 2.24) is 20.2 Å². The Kier molecular flexibility index (Phi) is 4.60. The normalized spacial score (nSPS) is 16.6. The number of aryl methyl sites for hydroxylation is 2. The summed E-state index contributed by atoms with van der Waals surface area (Å²) in [5.41, 5.74) is 7.94. The highest BCUT2D eigenvalue weighted by molar-refractivity contribution is 6.16. The van der Waals surface area contributed by atoms with Crippen LogP contribution in [0.5, 0.6) is 5.88 Å². The molecule has 3 aromatic heterocycles. The van der Waals surface area contributed by atoms with Crippen molar-refractivity contribution in [3.63, 3.8) is 0 Å². The standard InChI is InChI=1S/C22H23N5O2/c1-13-19(14(2)27-26-13)18-11-15(3-7-23-18)21-20-16(12-25-21)4-8-24-22(20)29-17-5-9-28-10-6-17/h3-4,7-8,11,17H,5-6,9-10,12H2,1-2H3,(H,26,27). The Morgan fingerprint density at radius 3 is 2.69 bits per heavy atom. The van der Waals surface area contributed by atoms with Gasteiger partial charge in [0.15, 0.2) is 0 Å². The van der Waals surface area contributed by atoms with Gasteiger partial charge in [-0.3, -0.25) is 15.1 Å². The van der Waals surface area contributed by atoms with Crippen LogP contribution in [0.2, 0.25) is 0 Å². The maximum absolute atomic E-state index is 6.29. The molecule has 7 heteroatoms. The van der Waals surface area contributed by atoms with Gasteiger partial charge in [0, 0.05) is 42.1 Å². The van der Waals surface area contributed by atoms with Gasteiger partial charge >= 0.3 is 0 Å². The van der Waals surface area contributed by atoms with E-state index in [0.717, 1.165) is 71.1 Å². The maximum atomic E-state index is 6.29. The number of hydrogen-bond acceptors (Lipinski definition) is 6. The molecule has 1 fully saturated rings. The summed E-state index contributed by atoms with van der Waals surface area (Å²) in [5, 5.41) is 7.33. The third kappa shape index (κ3) is 3.31. The maximum Gasteiger partial charge on any atom is 0.223 e. The molecule has 0 amide bonds. The zero-order valence-corrected chi connectivity index (χ0v) is 16.6. The first-order chi connectivity index (χ1) is 14.2. The lowest BCUT2D eigenvalue weighted by molar-refractivity contribution is 0.0236. The number of nitrogens with one attached hydrogen (secondary N) is 1. The average molecular weight is 389 g/mol. The summed E-state index contributed by atoms with van der Waals surface area (Å²) in [6.45, 7) is 6.10. The van der Waals surface area contributed by atoms with E-state index in [2.05, 4.69) is 26.2 Å². The molecule has 3 aromatic rings. The van der Waals surface area contributed by atoms with Gasteiger partial charge in [0.05, 0.1) is 42.4 Å². The summed E-state index contributed by atoms with van der Waals surface area (Å²) in [6, 6.07) is 6.09. The van der Waals surface area contributed by atoms with Gasteiger partial charge in [-0.25, -0.2) is 4.98 Å². The van der Waals surface area contributed by atoms with Gasteiger partial charge in [-0.2, -0.15) is 5.10 Å². The Hall–Kier alpha value is -3.06. The highest BCUT2D eigenvalue weighted by Gasteiger charge is 2.26. The number of fused-ring (bicyclic) bond motifs is 1. The highest BCUT2D eigenvalue weighted by atomic mass is 16.5. The molecule has 0 aromatic carbocycles. The summed E-state index contributed by atoms with van der Waals surface area (Å²) in [5.74, 6) is 0.666. The molecule has 5 heterocycles. The molecule has 0 bridgehead atoms. The topological polar surface area (TPSA) is 85.3 Å². The third-order valence-electron chi connectivity index (χ3n) is 5.51. The predicted molar refractivity (Wildman–Crippen MR) is 109 cm³/mol. The zero-order chi connectivity index (χ0) is 19.8. The van der Waals surface area contributed by atoms with E-state index >= 15 is 0 Å². The number of ether oxygens (including phenoxy) is 2. The molecule has 29 heavy (non-hydrogen) atoms. The van der Waals surface area contributed by atoms with Crippen LogP contribution < -0.4 is 4.74 Å². The van der Waals surface area contributed by atoms with E-state index in [9.17, 15) is 0 Å². The van der Waals surface area contributed by atoms with Crippen LogP contribution in [-0.4, -0.2) is 45.2 Å². The average Bonchev–Trinajstić information content (AvgIpc) is 3.33. The van der Waals surface area contributed by atoms with Crippen molar-refractivity contribution in [3.8, 4) is 17.1 Å². The first kappa shape index (κ1) is 18.0. The fourth-order valence-corrected chi connectivity index (χ4v) is 4.03. The van der Waals surface area contributed by atoms with Crippen LogP contribution in [0, 0.1) is 13.8 Å². The Labute approximate surface area is 169 Å². The number of aromatic nitrogens is 4. The number of H-pyrrole nitrogens is 1. The number of pyridine rings is 2. The molecule has 0 unspecified atom stereocenters. The van der Waals surface area contributed by atoms with Crippen molar-refractivity contribution < 1.29 is 9.47 Å². The number of hydrogen-bond donors (Lipinski definition) is 1. The summed E-state index contributed by atoms with van der Waals surface area (Å²) in [6.07, 6.45) is 5.54. The molecule has 2 aliphatic rings. The summed E-state index contributed by atoms with van der Waals surface area (Å²) in [7, 11) is 0. The molecule has 5 rings (SSSR count). The Bertz CT molecular complexity index is 1060. The smallest absolute Gasteiger partial charge is 0.223 e. The van der Waals surface area contributed by atoms with Crippen molar-refractivity contribution in [1.29, 1.82) is 0 Å². The van der Waals surface area contributed by atoms with Gasteiger partial charge in [0.2, 0.25) is 5.88 Å². The van der Waals surface area contributed by atoms with Crippen molar-refractivity contribution >= 4 is 5.71 Å². The monoisotopic (exact) mass is 389 g/mol. The van der Waals surface area contributed by atoms with Crippen LogP contribution >= 0.6 is 0 Å². The SMILES string of the molecule is Cc1n[nH]c(C)c1-c1cc(C2=NCc3ccnc(OC4CCOCC4)c32)ccn1. The van der Waals surface area contributed by atoms with Crippen molar-refractivity contribution in [2.45, 2.75) is 39.3 Å². The first-order valence-electron chi connectivity index (χ1n) is 9.96. The van der Waals surface area contributed by atoms with Crippen LogP contribution in [0.1, 0.15) is 40.9 Å². The molecule has 2 aliphatic heterocycles. The van der Waals surface area contributed by atoms with Gasteiger partial charge < -0.3 is 9.47 Å². The van der Waals surface area contributed by atoms with Crippen LogP contribution in [-0.2, 0) is 11.3 Å². The Morgan fingerprint density at radius 1 is 1.07 bits per heavy atom. The molecule has 0 aliphatic carbocycles. The summed E-state index contributed by atoms with van der Waals surface area (Å²) >= 11 is 0. The van der Waals surface area contributed by atoms with Gasteiger partial charge in [0.25, 0.3) is 0 Å². The molecule has 1 N–H and O–H groups in total. The lowest BCUT2D eigenvalue weighted by Crippen LogP contribution is -2.27. The second-order valence-corrected chi connectivity index (χ2v) is 7.48. The molecular weight excluding hydrogens is 366 g/mol. The van der Waals surface area contributed by atoms with E-state index < -0.39 is 0 Å². The fraction of sp³-hybridized carbons (Fsp3) is 0.364. The predicted octanol–water partition coefficient (Wildman–Crippen LogP) is 3.39. The lowest BCUT2D eigenvalue weighted by atomic mass is 10.00. The minimum atomic E-state index is 0.133. The largest absolute Gasteiger partial charge is 0.474 e. The minimum absolute atomic E-state index is 0.133. The van der Waals surface area contributed by atoms with Crippen LogP contribution in [0.3, 0.4) is 0 Å². The van der Waals surface area contributed by atoms with Gasteiger partial charge in [-0.05, 0) is 37.6 Å². The lowest BCUT2D eigenvalue weighted by Gasteiger charge is -2.24. The van der Waals surface area contributed by atoms with Crippen LogP contribution in [0.25, 0.3) is 11.3 Å². The molecule has 1 saturated heterocycles. The van der Waals surface area contributed by atoms with E-state index in [1.165, 1.54) is 0 Å². The fourth-order valence-electron chi connectivity index (χ4n) is 4.03. The zero-order valence-electron chi connectivity index (χ0n) is 16.6. The molecular formula is C22H23N5O2.